The number of pyridine rings is 1. The van der Waals surface area contributed by atoms with E-state index in [2.05, 4.69) is 20.9 Å². The summed E-state index contributed by atoms with van der Waals surface area (Å²) in [7, 11) is 1.47. The molecule has 1 heterocycles. The first kappa shape index (κ1) is 9.48. The van der Waals surface area contributed by atoms with Crippen LogP contribution in [-0.4, -0.2) is 18.4 Å². The van der Waals surface area contributed by atoms with Crippen LogP contribution in [0.15, 0.2) is 10.7 Å². The maximum absolute atomic E-state index is 10.5. The minimum atomic E-state index is 0.303. The van der Waals surface area contributed by atoms with Gasteiger partial charge in [-0.25, -0.2) is 4.98 Å². The Labute approximate surface area is 82.8 Å². The lowest BCUT2D eigenvalue weighted by Crippen LogP contribution is -1.93. The molecule has 0 aromatic carbocycles. The summed E-state index contributed by atoms with van der Waals surface area (Å²) in [6.07, 6.45) is 2.02. The molecule has 1 rings (SSSR count). The summed E-state index contributed by atoms with van der Waals surface area (Å²) in [4.78, 5) is 14.4. The number of hydrogen-bond donors (Lipinski definition) is 0. The highest BCUT2D eigenvalue weighted by Crippen LogP contribution is 2.29. The van der Waals surface area contributed by atoms with Crippen molar-refractivity contribution in [3.63, 3.8) is 0 Å². The van der Waals surface area contributed by atoms with Gasteiger partial charge in [-0.3, -0.25) is 4.79 Å². The maximum Gasteiger partial charge on any atom is 0.228 e. The van der Waals surface area contributed by atoms with Crippen molar-refractivity contribution in [3.05, 3.63) is 21.3 Å². The smallest absolute Gasteiger partial charge is 0.228 e. The first-order valence-electron chi connectivity index (χ1n) is 3.04. The summed E-state index contributed by atoms with van der Waals surface area (Å²) in [5.41, 5.74) is 0.350. The second kappa shape index (κ2) is 3.87. The maximum atomic E-state index is 10.5. The Kier molecular flexibility index (Phi) is 3.05. The van der Waals surface area contributed by atoms with Crippen LogP contribution in [0.25, 0.3) is 0 Å². The van der Waals surface area contributed by atoms with Crippen molar-refractivity contribution < 1.29 is 9.53 Å². The molecule has 0 N–H and O–H groups in total. The third-order valence-corrected chi connectivity index (χ3v) is 2.36. The van der Waals surface area contributed by atoms with Crippen LogP contribution in [0.1, 0.15) is 10.4 Å². The molecule has 0 saturated carbocycles. The van der Waals surface area contributed by atoms with Gasteiger partial charge >= 0.3 is 0 Å². The van der Waals surface area contributed by atoms with E-state index in [1.807, 2.05) is 0 Å². The van der Waals surface area contributed by atoms with Crippen LogP contribution >= 0.6 is 27.5 Å². The van der Waals surface area contributed by atoms with E-state index in [9.17, 15) is 4.79 Å². The van der Waals surface area contributed by atoms with E-state index in [4.69, 9.17) is 16.3 Å². The topological polar surface area (TPSA) is 39.2 Å². The molecule has 0 amide bonds. The highest BCUT2D eigenvalue weighted by atomic mass is 79.9. The van der Waals surface area contributed by atoms with Gasteiger partial charge in [0.2, 0.25) is 5.88 Å². The molecule has 0 bridgehead atoms. The Balaban J connectivity index is 3.33. The number of hydrogen-bond acceptors (Lipinski definition) is 3. The molecule has 3 nitrogen and oxygen atoms in total. The average molecular weight is 250 g/mol. The molecule has 0 unspecified atom stereocenters. The van der Waals surface area contributed by atoms with Crippen LogP contribution in [0.2, 0.25) is 5.02 Å². The summed E-state index contributed by atoms with van der Waals surface area (Å²) in [6.45, 7) is 0. The fraction of sp³-hybridized carbons (Fsp3) is 0.143. The van der Waals surface area contributed by atoms with Gasteiger partial charge in [0.15, 0.2) is 6.29 Å². The second-order valence-electron chi connectivity index (χ2n) is 1.96. The van der Waals surface area contributed by atoms with Crippen molar-refractivity contribution >= 4 is 33.8 Å². The van der Waals surface area contributed by atoms with Gasteiger partial charge < -0.3 is 4.74 Å². The number of aromatic nitrogens is 1. The molecule has 0 aliphatic carbocycles. The van der Waals surface area contributed by atoms with Crippen molar-refractivity contribution in [2.24, 2.45) is 0 Å². The van der Waals surface area contributed by atoms with Crippen molar-refractivity contribution in [1.82, 2.24) is 4.98 Å². The van der Waals surface area contributed by atoms with Gasteiger partial charge in [-0.1, -0.05) is 11.6 Å². The third kappa shape index (κ3) is 1.59. The van der Waals surface area contributed by atoms with E-state index < -0.39 is 0 Å². The molecule has 12 heavy (non-hydrogen) atoms. The number of rotatable bonds is 2. The van der Waals surface area contributed by atoms with Gasteiger partial charge in [-0.05, 0) is 15.9 Å². The van der Waals surface area contributed by atoms with Gasteiger partial charge in [-0.2, -0.15) is 0 Å². The number of methoxy groups -OCH3 is 1. The Morgan fingerprint density at radius 1 is 1.75 bits per heavy atom. The zero-order chi connectivity index (χ0) is 9.14. The van der Waals surface area contributed by atoms with Crippen molar-refractivity contribution in [2.75, 3.05) is 7.11 Å². The predicted molar refractivity (Wildman–Crippen MR) is 48.9 cm³/mol. The minimum absolute atomic E-state index is 0.303. The van der Waals surface area contributed by atoms with Gasteiger partial charge in [0.1, 0.15) is 0 Å². The monoisotopic (exact) mass is 249 g/mol. The van der Waals surface area contributed by atoms with Crippen LogP contribution in [0.4, 0.5) is 0 Å². The Morgan fingerprint density at radius 3 is 2.92 bits per heavy atom. The van der Waals surface area contributed by atoms with Gasteiger partial charge in [-0.15, -0.1) is 0 Å². The van der Waals surface area contributed by atoms with Crippen molar-refractivity contribution in [3.8, 4) is 5.88 Å². The quantitative estimate of drug-likeness (QED) is 0.756. The number of ether oxygens (including phenoxy) is 1. The summed E-state index contributed by atoms with van der Waals surface area (Å²) in [5.74, 6) is 0.349. The van der Waals surface area contributed by atoms with E-state index in [-0.39, 0.29) is 0 Å². The predicted octanol–water partition coefficient (Wildman–Crippen LogP) is 2.32. The summed E-state index contributed by atoms with van der Waals surface area (Å²) in [5, 5.41) is 0.303. The molecule has 0 atom stereocenters. The van der Waals surface area contributed by atoms with Gasteiger partial charge in [0.25, 0.3) is 0 Å². The Morgan fingerprint density at radius 2 is 2.42 bits per heavy atom. The van der Waals surface area contributed by atoms with Crippen molar-refractivity contribution in [1.29, 1.82) is 0 Å². The lowest BCUT2D eigenvalue weighted by molar-refractivity contribution is 0.112. The van der Waals surface area contributed by atoms with E-state index in [0.717, 1.165) is 0 Å². The van der Waals surface area contributed by atoms with Crippen LogP contribution in [0.5, 0.6) is 5.88 Å². The number of carbonyl (C=O) groups excluding carboxylic acids is 1. The molecule has 0 aliphatic heterocycles. The van der Waals surface area contributed by atoms with Crippen LogP contribution in [-0.2, 0) is 0 Å². The number of nitrogens with zero attached hydrogens (tertiary/aromatic N) is 1. The Bertz CT molecular complexity index is 317. The standard InChI is InChI=1S/C7H5BrClNO2/c1-12-7-6(8)4(3-11)5(9)2-10-7/h2-3H,1H3. The van der Waals surface area contributed by atoms with E-state index in [0.29, 0.717) is 27.2 Å². The SMILES string of the molecule is COc1ncc(Cl)c(C=O)c1Br. The molecule has 0 radical (unpaired) electrons. The first-order valence-corrected chi connectivity index (χ1v) is 4.21. The minimum Gasteiger partial charge on any atom is -0.480 e. The second-order valence-corrected chi connectivity index (χ2v) is 3.16. The number of aldehydes is 1. The number of carbonyl (C=O) groups is 1. The molecule has 5 heteroatoms. The van der Waals surface area contributed by atoms with Crippen LogP contribution < -0.4 is 4.74 Å². The average Bonchev–Trinajstić information content (AvgIpc) is 2.06. The summed E-state index contributed by atoms with van der Waals surface area (Å²) in [6, 6.07) is 0. The highest BCUT2D eigenvalue weighted by molar-refractivity contribution is 9.10. The molecule has 0 fully saturated rings. The Hall–Kier alpha value is -0.610. The lowest BCUT2D eigenvalue weighted by Gasteiger charge is -2.04. The normalized spacial score (nSPS) is 9.58. The molecule has 0 aliphatic rings. The molecule has 64 valence electrons. The molecular weight excluding hydrogens is 245 g/mol. The molecule has 0 spiro atoms. The summed E-state index contributed by atoms with van der Waals surface area (Å²) >= 11 is 8.83. The highest BCUT2D eigenvalue weighted by Gasteiger charge is 2.10. The van der Waals surface area contributed by atoms with E-state index in [1.54, 1.807) is 0 Å². The van der Waals surface area contributed by atoms with E-state index >= 15 is 0 Å². The molecule has 1 aromatic rings. The summed E-state index contributed by atoms with van der Waals surface area (Å²) < 4.78 is 5.35. The fourth-order valence-electron chi connectivity index (χ4n) is 0.712. The molecule has 1 aromatic heterocycles. The zero-order valence-corrected chi connectivity index (χ0v) is 8.52. The van der Waals surface area contributed by atoms with Gasteiger partial charge in [0.05, 0.1) is 28.4 Å². The fourth-order valence-corrected chi connectivity index (χ4v) is 1.59. The van der Waals surface area contributed by atoms with Gasteiger partial charge in [0, 0.05) is 0 Å². The lowest BCUT2D eigenvalue weighted by atomic mass is 10.3. The van der Waals surface area contributed by atoms with E-state index in [1.165, 1.54) is 13.3 Å². The zero-order valence-electron chi connectivity index (χ0n) is 6.17. The number of halogens is 2. The molecule has 0 saturated heterocycles. The largest absolute Gasteiger partial charge is 0.480 e. The first-order chi connectivity index (χ1) is 5.70. The van der Waals surface area contributed by atoms with Crippen molar-refractivity contribution in [2.45, 2.75) is 0 Å². The molecular formula is C7H5BrClNO2. The third-order valence-electron chi connectivity index (χ3n) is 1.29. The van der Waals surface area contributed by atoms with Crippen LogP contribution in [0.3, 0.4) is 0 Å². The van der Waals surface area contributed by atoms with Crippen LogP contribution in [0, 0.1) is 0 Å².